The molecule has 0 unspecified atom stereocenters. The Labute approximate surface area is 116 Å². The minimum absolute atomic E-state index is 0.123. The van der Waals surface area contributed by atoms with Gasteiger partial charge in [0.15, 0.2) is 0 Å². The van der Waals surface area contributed by atoms with Gasteiger partial charge in [0, 0.05) is 6.54 Å². The molecule has 0 radical (unpaired) electrons. The number of hydrogen-bond donors (Lipinski definition) is 2. The van der Waals surface area contributed by atoms with E-state index >= 15 is 0 Å². The van der Waals surface area contributed by atoms with Crippen LogP contribution in [0.15, 0.2) is 30.6 Å². The van der Waals surface area contributed by atoms with Gasteiger partial charge in [0.25, 0.3) is 5.91 Å². The number of carbonyl (C=O) groups is 1. The van der Waals surface area contributed by atoms with Crippen molar-refractivity contribution >= 4 is 17.4 Å². The van der Waals surface area contributed by atoms with Crippen LogP contribution in [0.3, 0.4) is 0 Å². The van der Waals surface area contributed by atoms with Crippen LogP contribution in [0.4, 0.5) is 15.9 Å². The van der Waals surface area contributed by atoms with Crippen molar-refractivity contribution in [3.05, 3.63) is 47.7 Å². The van der Waals surface area contributed by atoms with Crippen molar-refractivity contribution < 1.29 is 9.18 Å². The number of aryl methyl sites for hydroxylation is 1. The number of hydrogen-bond acceptors (Lipinski definition) is 4. The summed E-state index contributed by atoms with van der Waals surface area (Å²) < 4.78 is 13.6. The fraction of sp³-hybridized carbons (Fsp3) is 0.214. The van der Waals surface area contributed by atoms with Crippen molar-refractivity contribution in [2.45, 2.75) is 13.8 Å². The summed E-state index contributed by atoms with van der Waals surface area (Å²) in [6.45, 7) is 4.43. The third-order valence-electron chi connectivity index (χ3n) is 2.62. The Hall–Kier alpha value is -2.50. The van der Waals surface area contributed by atoms with Crippen LogP contribution in [0.5, 0.6) is 0 Å². The zero-order chi connectivity index (χ0) is 14.5. The Morgan fingerprint density at radius 2 is 2.10 bits per heavy atom. The first-order valence-corrected chi connectivity index (χ1v) is 6.23. The van der Waals surface area contributed by atoms with E-state index in [0.717, 1.165) is 12.1 Å². The maximum atomic E-state index is 13.6. The Balaban J connectivity index is 2.11. The van der Waals surface area contributed by atoms with E-state index in [0.29, 0.717) is 5.82 Å². The summed E-state index contributed by atoms with van der Waals surface area (Å²) in [6, 6.07) is 4.59. The number of nitrogens with zero attached hydrogens (tertiary/aromatic N) is 2. The third kappa shape index (κ3) is 3.28. The van der Waals surface area contributed by atoms with Crippen LogP contribution in [-0.4, -0.2) is 22.4 Å². The topological polar surface area (TPSA) is 66.9 Å². The largest absolute Gasteiger partial charge is 0.369 e. The highest BCUT2D eigenvalue weighted by Gasteiger charge is 2.11. The van der Waals surface area contributed by atoms with Gasteiger partial charge in [-0.25, -0.2) is 14.4 Å². The molecule has 0 aliphatic heterocycles. The van der Waals surface area contributed by atoms with Crippen LogP contribution < -0.4 is 10.6 Å². The minimum Gasteiger partial charge on any atom is -0.369 e. The van der Waals surface area contributed by atoms with Crippen molar-refractivity contribution in [2.75, 3.05) is 17.2 Å². The first-order chi connectivity index (χ1) is 9.60. The molecule has 104 valence electrons. The number of benzene rings is 1. The molecule has 6 heteroatoms. The molecule has 1 amide bonds. The molecule has 1 aromatic carbocycles. The summed E-state index contributed by atoms with van der Waals surface area (Å²) in [5, 5.41) is 5.44. The van der Waals surface area contributed by atoms with E-state index in [1.54, 1.807) is 13.0 Å². The number of halogens is 1. The molecule has 1 heterocycles. The third-order valence-corrected chi connectivity index (χ3v) is 2.62. The van der Waals surface area contributed by atoms with E-state index < -0.39 is 11.7 Å². The highest BCUT2D eigenvalue weighted by Crippen LogP contribution is 2.16. The lowest BCUT2D eigenvalue weighted by Crippen LogP contribution is -2.15. The summed E-state index contributed by atoms with van der Waals surface area (Å²) in [5.41, 5.74) is 1.04. The molecule has 0 atom stereocenters. The molecule has 5 nitrogen and oxygen atoms in total. The monoisotopic (exact) mass is 274 g/mol. The van der Waals surface area contributed by atoms with Gasteiger partial charge < -0.3 is 10.6 Å². The zero-order valence-corrected chi connectivity index (χ0v) is 11.3. The van der Waals surface area contributed by atoms with Gasteiger partial charge in [-0.3, -0.25) is 4.79 Å². The maximum Gasteiger partial charge on any atom is 0.275 e. The molecule has 0 spiro atoms. The zero-order valence-electron chi connectivity index (χ0n) is 11.3. The Kier molecular flexibility index (Phi) is 4.24. The van der Waals surface area contributed by atoms with E-state index in [1.807, 2.05) is 6.92 Å². The number of rotatable bonds is 4. The SMILES string of the molecule is CCNc1cnc(C(=O)Nc2ccc(C)cc2F)cn1. The van der Waals surface area contributed by atoms with E-state index in [4.69, 9.17) is 0 Å². The van der Waals surface area contributed by atoms with E-state index in [1.165, 1.54) is 24.5 Å². The fourth-order valence-corrected chi connectivity index (χ4v) is 1.63. The second kappa shape index (κ2) is 6.10. The predicted octanol–water partition coefficient (Wildman–Crippen LogP) is 2.61. The van der Waals surface area contributed by atoms with E-state index in [2.05, 4.69) is 20.6 Å². The standard InChI is InChI=1S/C14H15FN4O/c1-3-16-13-8-17-12(7-18-13)14(20)19-11-5-4-9(2)6-10(11)15/h4-8H,3H2,1-2H3,(H,16,18)(H,19,20). The van der Waals surface area contributed by atoms with Crippen LogP contribution in [0.25, 0.3) is 0 Å². The van der Waals surface area contributed by atoms with Crippen LogP contribution in [0.1, 0.15) is 23.0 Å². The first kappa shape index (κ1) is 13.9. The summed E-state index contributed by atoms with van der Waals surface area (Å²) in [5.74, 6) is -0.385. The molecule has 2 rings (SSSR count). The highest BCUT2D eigenvalue weighted by molar-refractivity contribution is 6.02. The number of anilines is 2. The number of amides is 1. The molecule has 0 saturated carbocycles. The van der Waals surface area contributed by atoms with Gasteiger partial charge in [0.05, 0.1) is 18.1 Å². The summed E-state index contributed by atoms with van der Waals surface area (Å²) in [4.78, 5) is 19.9. The van der Waals surface area contributed by atoms with Gasteiger partial charge >= 0.3 is 0 Å². The molecular weight excluding hydrogens is 259 g/mol. The summed E-state index contributed by atoms with van der Waals surface area (Å²) >= 11 is 0. The molecule has 1 aromatic heterocycles. The summed E-state index contributed by atoms with van der Waals surface area (Å²) in [6.07, 6.45) is 2.81. The van der Waals surface area contributed by atoms with Crippen molar-refractivity contribution in [1.82, 2.24) is 9.97 Å². The lowest BCUT2D eigenvalue weighted by atomic mass is 10.2. The van der Waals surface area contributed by atoms with Gasteiger partial charge in [-0.15, -0.1) is 0 Å². The average Bonchev–Trinajstić information content (AvgIpc) is 2.43. The molecule has 2 N–H and O–H groups in total. The van der Waals surface area contributed by atoms with Crippen LogP contribution >= 0.6 is 0 Å². The van der Waals surface area contributed by atoms with Crippen LogP contribution in [0.2, 0.25) is 0 Å². The fourth-order valence-electron chi connectivity index (χ4n) is 1.63. The molecular formula is C14H15FN4O. The predicted molar refractivity (Wildman–Crippen MR) is 75.3 cm³/mol. The Morgan fingerprint density at radius 1 is 1.30 bits per heavy atom. The number of nitrogens with one attached hydrogen (secondary N) is 2. The molecule has 0 bridgehead atoms. The smallest absolute Gasteiger partial charge is 0.275 e. The van der Waals surface area contributed by atoms with E-state index in [9.17, 15) is 9.18 Å². The second-order valence-electron chi connectivity index (χ2n) is 4.25. The van der Waals surface area contributed by atoms with Crippen molar-refractivity contribution in [2.24, 2.45) is 0 Å². The lowest BCUT2D eigenvalue weighted by molar-refractivity contribution is 0.102. The van der Waals surface area contributed by atoms with E-state index in [-0.39, 0.29) is 11.4 Å². The molecule has 0 aliphatic rings. The normalized spacial score (nSPS) is 10.2. The van der Waals surface area contributed by atoms with Gasteiger partial charge in [-0.1, -0.05) is 6.07 Å². The van der Waals surface area contributed by atoms with Gasteiger partial charge in [-0.05, 0) is 31.5 Å². The molecule has 2 aromatic rings. The van der Waals surface area contributed by atoms with Gasteiger partial charge in [0.2, 0.25) is 0 Å². The van der Waals surface area contributed by atoms with Crippen molar-refractivity contribution in [3.8, 4) is 0 Å². The highest BCUT2D eigenvalue weighted by atomic mass is 19.1. The van der Waals surface area contributed by atoms with Crippen LogP contribution in [-0.2, 0) is 0 Å². The quantitative estimate of drug-likeness (QED) is 0.899. The van der Waals surface area contributed by atoms with Crippen LogP contribution in [0, 0.1) is 12.7 Å². The molecule has 0 fully saturated rings. The van der Waals surface area contributed by atoms with Gasteiger partial charge in [0.1, 0.15) is 17.3 Å². The molecule has 0 aliphatic carbocycles. The molecule has 0 saturated heterocycles. The second-order valence-corrected chi connectivity index (χ2v) is 4.25. The average molecular weight is 274 g/mol. The maximum absolute atomic E-state index is 13.6. The lowest BCUT2D eigenvalue weighted by Gasteiger charge is -2.07. The van der Waals surface area contributed by atoms with Crippen molar-refractivity contribution in [1.29, 1.82) is 0 Å². The van der Waals surface area contributed by atoms with Crippen molar-refractivity contribution in [3.63, 3.8) is 0 Å². The number of carbonyl (C=O) groups excluding carboxylic acids is 1. The Morgan fingerprint density at radius 3 is 2.70 bits per heavy atom. The summed E-state index contributed by atoms with van der Waals surface area (Å²) in [7, 11) is 0. The minimum atomic E-state index is -0.497. The molecule has 20 heavy (non-hydrogen) atoms. The Bertz CT molecular complexity index is 613. The first-order valence-electron chi connectivity index (χ1n) is 6.23. The number of aromatic nitrogens is 2. The van der Waals surface area contributed by atoms with Gasteiger partial charge in [-0.2, -0.15) is 0 Å².